The van der Waals surface area contributed by atoms with E-state index in [1.165, 1.54) is 12.8 Å². The maximum Gasteiger partial charge on any atom is 0.272 e. The van der Waals surface area contributed by atoms with E-state index in [4.69, 9.17) is 21.6 Å². The Morgan fingerprint density at radius 1 is 1.03 bits per heavy atom. The number of ether oxygens (including phenoxy) is 1. The molecule has 2 saturated heterocycles. The van der Waals surface area contributed by atoms with Crippen molar-refractivity contribution in [3.8, 4) is 11.8 Å². The van der Waals surface area contributed by atoms with Crippen molar-refractivity contribution in [1.82, 2.24) is 25.7 Å². The van der Waals surface area contributed by atoms with Crippen LogP contribution in [0.15, 0.2) is 30.3 Å². The van der Waals surface area contributed by atoms with Gasteiger partial charge in [-0.2, -0.15) is 5.26 Å². The Labute approximate surface area is 223 Å². The lowest BCUT2D eigenvalue weighted by Gasteiger charge is -2.41. The third kappa shape index (κ3) is 6.50. The van der Waals surface area contributed by atoms with Crippen molar-refractivity contribution in [2.24, 2.45) is 0 Å². The molecule has 37 heavy (non-hydrogen) atoms. The highest BCUT2D eigenvalue weighted by Crippen LogP contribution is 2.27. The maximum absolute atomic E-state index is 12.8. The van der Waals surface area contributed by atoms with Gasteiger partial charge in [-0.3, -0.25) is 9.69 Å². The number of nitrogens with one attached hydrogen (secondary N) is 2. The Bertz CT molecular complexity index is 1100. The molecule has 196 valence electrons. The maximum atomic E-state index is 12.8. The van der Waals surface area contributed by atoms with Crippen molar-refractivity contribution in [3.63, 3.8) is 0 Å². The van der Waals surface area contributed by atoms with Crippen molar-refractivity contribution >= 4 is 23.3 Å². The Kier molecular flexibility index (Phi) is 8.39. The molecule has 2 N–H and O–H groups in total. The normalized spacial score (nSPS) is 23.3. The summed E-state index contributed by atoms with van der Waals surface area (Å²) >= 11 is 6.11. The van der Waals surface area contributed by atoms with E-state index in [2.05, 4.69) is 36.7 Å². The van der Waals surface area contributed by atoms with Crippen molar-refractivity contribution in [2.75, 3.05) is 44.2 Å². The third-order valence-corrected chi connectivity index (χ3v) is 8.03. The highest BCUT2D eigenvalue weighted by molar-refractivity contribution is 6.31. The van der Waals surface area contributed by atoms with E-state index in [9.17, 15) is 4.79 Å². The highest BCUT2D eigenvalue weighted by atomic mass is 35.5. The monoisotopic (exact) mass is 523 g/mol. The van der Waals surface area contributed by atoms with E-state index in [0.717, 1.165) is 70.8 Å². The second-order valence-electron chi connectivity index (χ2n) is 10.1. The summed E-state index contributed by atoms with van der Waals surface area (Å²) in [4.78, 5) is 17.6. The second kappa shape index (κ2) is 12.1. The molecule has 0 atom stereocenters. The van der Waals surface area contributed by atoms with Crippen LogP contribution in [-0.4, -0.2) is 78.5 Å². The minimum Gasteiger partial charge on any atom is -0.490 e. The number of piperidine rings is 1. The van der Waals surface area contributed by atoms with Crippen LogP contribution in [0.25, 0.3) is 0 Å². The molecule has 1 saturated carbocycles. The lowest BCUT2D eigenvalue weighted by Crippen LogP contribution is -2.53. The summed E-state index contributed by atoms with van der Waals surface area (Å²) in [6.07, 6.45) is 5.83. The van der Waals surface area contributed by atoms with Gasteiger partial charge < -0.3 is 20.3 Å². The van der Waals surface area contributed by atoms with Crippen molar-refractivity contribution in [2.45, 2.75) is 56.7 Å². The predicted molar refractivity (Wildman–Crippen MR) is 142 cm³/mol. The molecule has 2 aliphatic heterocycles. The zero-order valence-corrected chi connectivity index (χ0v) is 21.8. The molecule has 3 heterocycles. The summed E-state index contributed by atoms with van der Waals surface area (Å²) in [5.74, 6) is 1.32. The summed E-state index contributed by atoms with van der Waals surface area (Å²) in [7, 11) is 0. The molecular formula is C27H34ClN7O2. The standard InChI is InChI=1S/C27H34ClN7O2/c28-24-17-23(4-1-19(24)18-29)37-22-5-2-20(3-6-22)31-27(36)25-7-8-26(33-32-25)35-15-13-34(14-16-35)21-9-11-30-12-10-21/h1,4,7-8,17,20-22,30H,2-3,5-6,9-16H2,(H,31,36). The molecule has 1 aliphatic carbocycles. The van der Waals surface area contributed by atoms with E-state index in [0.29, 0.717) is 28.1 Å². The van der Waals surface area contributed by atoms with Gasteiger partial charge in [-0.1, -0.05) is 11.6 Å². The molecule has 0 radical (unpaired) electrons. The first-order chi connectivity index (χ1) is 18.1. The molecular weight excluding hydrogens is 490 g/mol. The van der Waals surface area contributed by atoms with Crippen molar-refractivity contribution in [3.05, 3.63) is 46.6 Å². The first-order valence-corrected chi connectivity index (χ1v) is 13.7. The molecule has 10 heteroatoms. The number of carbonyl (C=O) groups is 1. The number of aromatic nitrogens is 2. The van der Waals surface area contributed by atoms with Gasteiger partial charge in [-0.25, -0.2) is 0 Å². The summed E-state index contributed by atoms with van der Waals surface area (Å²) < 4.78 is 6.05. The van der Waals surface area contributed by atoms with E-state index < -0.39 is 0 Å². The van der Waals surface area contributed by atoms with Crippen LogP contribution in [0.1, 0.15) is 54.6 Å². The molecule has 1 aromatic carbocycles. The molecule has 0 bridgehead atoms. The van der Waals surface area contributed by atoms with Crippen LogP contribution < -0.4 is 20.3 Å². The van der Waals surface area contributed by atoms with E-state index >= 15 is 0 Å². The Morgan fingerprint density at radius 2 is 1.78 bits per heavy atom. The summed E-state index contributed by atoms with van der Waals surface area (Å²) in [6, 6.07) is 11.6. The first kappa shape index (κ1) is 25.7. The smallest absolute Gasteiger partial charge is 0.272 e. The number of amides is 1. The largest absolute Gasteiger partial charge is 0.490 e. The van der Waals surface area contributed by atoms with Crippen molar-refractivity contribution < 1.29 is 9.53 Å². The molecule has 9 nitrogen and oxygen atoms in total. The number of hydrogen-bond donors (Lipinski definition) is 2. The summed E-state index contributed by atoms with van der Waals surface area (Å²) in [5, 5.41) is 24.6. The van der Waals surface area contributed by atoms with Gasteiger partial charge in [0.25, 0.3) is 5.91 Å². The molecule has 1 aromatic heterocycles. The lowest BCUT2D eigenvalue weighted by atomic mass is 9.93. The van der Waals surface area contributed by atoms with Gasteiger partial charge in [0.15, 0.2) is 11.5 Å². The van der Waals surface area contributed by atoms with Gasteiger partial charge in [0.2, 0.25) is 0 Å². The predicted octanol–water partition coefficient (Wildman–Crippen LogP) is 3.00. The van der Waals surface area contributed by atoms with Gasteiger partial charge in [-0.15, -0.1) is 10.2 Å². The van der Waals surface area contributed by atoms with E-state index in [-0.39, 0.29) is 18.1 Å². The van der Waals surface area contributed by atoms with Crippen LogP contribution >= 0.6 is 11.6 Å². The number of hydrogen-bond acceptors (Lipinski definition) is 8. The second-order valence-corrected chi connectivity index (χ2v) is 10.5. The number of rotatable bonds is 6. The van der Waals surface area contributed by atoms with Gasteiger partial charge in [0, 0.05) is 44.3 Å². The Balaban J connectivity index is 1.06. The topological polar surface area (TPSA) is 106 Å². The van der Waals surface area contributed by atoms with E-state index in [1.54, 1.807) is 24.3 Å². The van der Waals surface area contributed by atoms with Crippen LogP contribution in [0.3, 0.4) is 0 Å². The highest BCUT2D eigenvalue weighted by Gasteiger charge is 2.27. The molecule has 2 aromatic rings. The minimum absolute atomic E-state index is 0.0616. The Morgan fingerprint density at radius 3 is 2.43 bits per heavy atom. The van der Waals surface area contributed by atoms with E-state index in [1.807, 2.05) is 6.07 Å². The Hall–Kier alpha value is -2.93. The molecule has 1 amide bonds. The van der Waals surface area contributed by atoms with Crippen LogP contribution in [0.4, 0.5) is 5.82 Å². The average Bonchev–Trinajstić information content (AvgIpc) is 2.95. The number of nitrogens with zero attached hydrogens (tertiary/aromatic N) is 5. The molecule has 3 aliphatic rings. The zero-order chi connectivity index (χ0) is 25.6. The minimum atomic E-state index is -0.182. The zero-order valence-electron chi connectivity index (χ0n) is 21.0. The van der Waals surface area contributed by atoms with Gasteiger partial charge in [0.05, 0.1) is 16.7 Å². The molecule has 0 spiro atoms. The lowest BCUT2D eigenvalue weighted by molar-refractivity contribution is 0.0888. The van der Waals surface area contributed by atoms with Gasteiger partial charge >= 0.3 is 0 Å². The SMILES string of the molecule is N#Cc1ccc(OC2CCC(NC(=O)c3ccc(N4CCN(C5CCNCC5)CC4)nn3)CC2)cc1Cl. The number of benzene rings is 1. The molecule has 0 unspecified atom stereocenters. The summed E-state index contributed by atoms with van der Waals surface area (Å²) in [5.41, 5.74) is 0.787. The number of nitriles is 1. The summed E-state index contributed by atoms with van der Waals surface area (Å²) in [6.45, 7) is 6.18. The number of piperazine rings is 1. The van der Waals surface area contributed by atoms with Crippen molar-refractivity contribution in [1.29, 1.82) is 5.26 Å². The number of anilines is 1. The van der Waals surface area contributed by atoms with Gasteiger partial charge in [-0.05, 0) is 75.9 Å². The first-order valence-electron chi connectivity index (χ1n) is 13.3. The van der Waals surface area contributed by atoms with Gasteiger partial charge in [0.1, 0.15) is 11.8 Å². The molecule has 3 fully saturated rings. The number of halogens is 1. The fourth-order valence-electron chi connectivity index (χ4n) is 5.54. The quantitative estimate of drug-likeness (QED) is 0.595. The fraction of sp³-hybridized carbons (Fsp3) is 0.556. The fourth-order valence-corrected chi connectivity index (χ4v) is 5.75. The van der Waals surface area contributed by atoms with Crippen LogP contribution in [-0.2, 0) is 0 Å². The molecule has 5 rings (SSSR count). The third-order valence-electron chi connectivity index (χ3n) is 7.72. The van der Waals surface area contributed by atoms with Crippen LogP contribution in [0.5, 0.6) is 5.75 Å². The average molecular weight is 524 g/mol. The van der Waals surface area contributed by atoms with Crippen LogP contribution in [0, 0.1) is 11.3 Å². The number of carbonyl (C=O) groups excluding carboxylic acids is 1. The van der Waals surface area contributed by atoms with Crippen LogP contribution in [0.2, 0.25) is 5.02 Å².